The molecule has 5 heteroatoms. The lowest BCUT2D eigenvalue weighted by molar-refractivity contribution is 0.414. The summed E-state index contributed by atoms with van der Waals surface area (Å²) in [5, 5.41) is 6.95. The van der Waals surface area contributed by atoms with E-state index in [0.717, 1.165) is 25.3 Å². The van der Waals surface area contributed by atoms with Gasteiger partial charge in [-0.3, -0.25) is 0 Å². The van der Waals surface area contributed by atoms with E-state index in [9.17, 15) is 0 Å². The van der Waals surface area contributed by atoms with Gasteiger partial charge in [0.2, 0.25) is 0 Å². The summed E-state index contributed by atoms with van der Waals surface area (Å²) in [4.78, 5) is 0. The predicted octanol–water partition coefficient (Wildman–Crippen LogP) is 2.38. The van der Waals surface area contributed by atoms with E-state index in [1.54, 1.807) is 7.11 Å². The number of ether oxygens (including phenoxy) is 1. The molecule has 1 aliphatic heterocycles. The Hall–Kier alpha value is -0.480. The van der Waals surface area contributed by atoms with Crippen molar-refractivity contribution >= 4 is 24.8 Å². The number of nitrogens with one attached hydrogen (secondary N) is 2. The number of benzene rings is 1. The Balaban J connectivity index is 0.00000144. The molecule has 1 atom stereocenters. The summed E-state index contributed by atoms with van der Waals surface area (Å²) in [5.41, 5.74) is 1.35. The first kappa shape index (κ1) is 17.5. The summed E-state index contributed by atoms with van der Waals surface area (Å²) >= 11 is 0. The van der Waals surface area contributed by atoms with Crippen LogP contribution in [-0.4, -0.2) is 26.4 Å². The van der Waals surface area contributed by atoms with Crippen LogP contribution in [0.15, 0.2) is 24.3 Å². The second-order valence-corrected chi connectivity index (χ2v) is 4.20. The Bertz CT molecular complexity index is 313. The fourth-order valence-corrected chi connectivity index (χ4v) is 2.04. The van der Waals surface area contributed by atoms with Gasteiger partial charge in [0.1, 0.15) is 5.75 Å². The van der Waals surface area contributed by atoms with Crippen molar-refractivity contribution in [1.29, 1.82) is 0 Å². The lowest BCUT2D eigenvalue weighted by atomic mass is 10.1. The van der Waals surface area contributed by atoms with Gasteiger partial charge in [0.25, 0.3) is 0 Å². The number of hydrogen-bond acceptors (Lipinski definition) is 3. The number of methoxy groups -OCH3 is 1. The topological polar surface area (TPSA) is 33.3 Å². The first-order valence-electron chi connectivity index (χ1n) is 5.98. The zero-order chi connectivity index (χ0) is 11.2. The first-order valence-corrected chi connectivity index (χ1v) is 5.98. The van der Waals surface area contributed by atoms with Crippen LogP contribution in [0.2, 0.25) is 0 Å². The highest BCUT2D eigenvalue weighted by Crippen LogP contribution is 2.11. The zero-order valence-electron chi connectivity index (χ0n) is 10.6. The quantitative estimate of drug-likeness (QED) is 0.874. The molecule has 3 nitrogen and oxygen atoms in total. The predicted molar refractivity (Wildman–Crippen MR) is 80.2 cm³/mol. The van der Waals surface area contributed by atoms with Crippen LogP contribution in [0.1, 0.15) is 18.4 Å². The molecule has 2 rings (SSSR count). The van der Waals surface area contributed by atoms with Crippen LogP contribution in [0.3, 0.4) is 0 Å². The third-order valence-corrected chi connectivity index (χ3v) is 3.02. The van der Waals surface area contributed by atoms with Gasteiger partial charge in [0.05, 0.1) is 13.3 Å². The maximum atomic E-state index is 5.13. The van der Waals surface area contributed by atoms with Crippen molar-refractivity contribution in [2.24, 2.45) is 0 Å². The molecular weight excluding hydrogens is 271 g/mol. The average molecular weight is 293 g/mol. The van der Waals surface area contributed by atoms with E-state index in [1.165, 1.54) is 18.4 Å². The average Bonchev–Trinajstić information content (AvgIpc) is 2.83. The SMILES string of the molecule is COc1ccc(CCNC2CCCN2)cc1.Cl.Cl. The molecule has 1 aromatic rings. The van der Waals surface area contributed by atoms with Gasteiger partial charge in [-0.2, -0.15) is 0 Å². The Morgan fingerprint density at radius 1 is 1.28 bits per heavy atom. The van der Waals surface area contributed by atoms with E-state index in [0.29, 0.717) is 6.17 Å². The van der Waals surface area contributed by atoms with Crippen LogP contribution in [0.4, 0.5) is 0 Å². The van der Waals surface area contributed by atoms with E-state index in [-0.39, 0.29) is 24.8 Å². The van der Waals surface area contributed by atoms with Crippen molar-refractivity contribution in [3.8, 4) is 5.75 Å². The van der Waals surface area contributed by atoms with Gasteiger partial charge < -0.3 is 15.4 Å². The van der Waals surface area contributed by atoms with Gasteiger partial charge in [-0.1, -0.05) is 12.1 Å². The van der Waals surface area contributed by atoms with Crippen LogP contribution >= 0.6 is 24.8 Å². The summed E-state index contributed by atoms with van der Waals surface area (Å²) in [7, 11) is 1.70. The summed E-state index contributed by atoms with van der Waals surface area (Å²) in [6.07, 6.45) is 4.14. The zero-order valence-corrected chi connectivity index (χ0v) is 12.3. The van der Waals surface area contributed by atoms with E-state index in [4.69, 9.17) is 4.74 Å². The van der Waals surface area contributed by atoms with Gasteiger partial charge in [0, 0.05) is 6.54 Å². The smallest absolute Gasteiger partial charge is 0.118 e. The summed E-state index contributed by atoms with van der Waals surface area (Å²) in [6.45, 7) is 2.18. The molecule has 1 saturated heterocycles. The molecule has 0 bridgehead atoms. The van der Waals surface area contributed by atoms with Crippen LogP contribution in [0, 0.1) is 0 Å². The molecule has 1 fully saturated rings. The van der Waals surface area contributed by atoms with Crippen molar-refractivity contribution in [1.82, 2.24) is 10.6 Å². The molecule has 1 heterocycles. The second kappa shape index (κ2) is 9.45. The molecular formula is C13H22Cl2N2O. The van der Waals surface area contributed by atoms with Gasteiger partial charge in [-0.15, -0.1) is 24.8 Å². The molecule has 1 aliphatic rings. The minimum absolute atomic E-state index is 0. The second-order valence-electron chi connectivity index (χ2n) is 4.20. The molecule has 104 valence electrons. The molecule has 2 N–H and O–H groups in total. The molecule has 0 amide bonds. The summed E-state index contributed by atoms with van der Waals surface area (Å²) < 4.78 is 5.13. The van der Waals surface area contributed by atoms with Crippen LogP contribution in [0.5, 0.6) is 5.75 Å². The van der Waals surface area contributed by atoms with Gasteiger partial charge in [-0.25, -0.2) is 0 Å². The number of halogens is 2. The summed E-state index contributed by atoms with van der Waals surface area (Å²) in [5.74, 6) is 0.925. The van der Waals surface area contributed by atoms with Gasteiger partial charge in [0.15, 0.2) is 0 Å². The fraction of sp³-hybridized carbons (Fsp3) is 0.538. The van der Waals surface area contributed by atoms with E-state index in [1.807, 2.05) is 12.1 Å². The highest BCUT2D eigenvalue weighted by atomic mass is 35.5. The largest absolute Gasteiger partial charge is 0.497 e. The Kier molecular flexibility index (Phi) is 9.20. The molecule has 0 aromatic heterocycles. The first-order chi connectivity index (χ1) is 7.88. The monoisotopic (exact) mass is 292 g/mol. The molecule has 1 unspecified atom stereocenters. The minimum Gasteiger partial charge on any atom is -0.497 e. The fourth-order valence-electron chi connectivity index (χ4n) is 2.04. The molecule has 18 heavy (non-hydrogen) atoms. The van der Waals surface area contributed by atoms with Crippen molar-refractivity contribution < 1.29 is 4.74 Å². The third-order valence-electron chi connectivity index (χ3n) is 3.02. The summed E-state index contributed by atoms with van der Waals surface area (Å²) in [6, 6.07) is 8.29. The lowest BCUT2D eigenvalue weighted by Crippen LogP contribution is -2.38. The Morgan fingerprint density at radius 2 is 2.00 bits per heavy atom. The van der Waals surface area contributed by atoms with Crippen molar-refractivity contribution in [2.75, 3.05) is 20.2 Å². The van der Waals surface area contributed by atoms with Crippen molar-refractivity contribution in [2.45, 2.75) is 25.4 Å². The number of hydrogen-bond donors (Lipinski definition) is 2. The van der Waals surface area contributed by atoms with Crippen molar-refractivity contribution in [3.05, 3.63) is 29.8 Å². The van der Waals surface area contributed by atoms with E-state index in [2.05, 4.69) is 22.8 Å². The molecule has 0 radical (unpaired) electrons. The standard InChI is InChI=1S/C13H20N2O.2ClH/c1-16-12-6-4-11(5-7-12)8-10-15-13-3-2-9-14-13;;/h4-7,13-15H,2-3,8-10H2,1H3;2*1H. The van der Waals surface area contributed by atoms with E-state index >= 15 is 0 Å². The van der Waals surface area contributed by atoms with Gasteiger partial charge in [-0.05, 0) is 43.5 Å². The number of rotatable bonds is 5. The lowest BCUT2D eigenvalue weighted by Gasteiger charge is -2.12. The molecule has 0 aliphatic carbocycles. The van der Waals surface area contributed by atoms with Crippen LogP contribution in [0.25, 0.3) is 0 Å². The normalized spacial score (nSPS) is 17.7. The Labute approximate surface area is 121 Å². The van der Waals surface area contributed by atoms with Crippen LogP contribution < -0.4 is 15.4 Å². The van der Waals surface area contributed by atoms with E-state index < -0.39 is 0 Å². The van der Waals surface area contributed by atoms with Gasteiger partial charge >= 0.3 is 0 Å². The van der Waals surface area contributed by atoms with Crippen LogP contribution in [-0.2, 0) is 6.42 Å². The molecule has 0 spiro atoms. The highest BCUT2D eigenvalue weighted by Gasteiger charge is 2.11. The highest BCUT2D eigenvalue weighted by molar-refractivity contribution is 5.85. The molecule has 0 saturated carbocycles. The van der Waals surface area contributed by atoms with Crippen molar-refractivity contribution in [3.63, 3.8) is 0 Å². The maximum Gasteiger partial charge on any atom is 0.118 e. The maximum absolute atomic E-state index is 5.13. The third kappa shape index (κ3) is 5.44. The Morgan fingerprint density at radius 3 is 2.56 bits per heavy atom. The molecule has 1 aromatic carbocycles. The minimum atomic E-state index is 0.